The molecule has 0 aliphatic rings. The van der Waals surface area contributed by atoms with E-state index < -0.39 is 0 Å². The molecule has 6 nitrogen and oxygen atoms in total. The van der Waals surface area contributed by atoms with Crippen molar-refractivity contribution in [2.45, 2.75) is 39.7 Å². The molecule has 0 atom stereocenters. The number of amides is 1. The lowest BCUT2D eigenvalue weighted by Crippen LogP contribution is -2.31. The third kappa shape index (κ3) is 4.85. The Hall–Kier alpha value is -1.56. The van der Waals surface area contributed by atoms with Crippen LogP contribution in [0.25, 0.3) is 0 Å². The summed E-state index contributed by atoms with van der Waals surface area (Å²) in [6.07, 6.45) is 4.20. The van der Waals surface area contributed by atoms with Crippen molar-refractivity contribution >= 4 is 23.2 Å². The minimum atomic E-state index is -0.334. The zero-order chi connectivity index (χ0) is 15.0. The Balaban J connectivity index is 2.66. The van der Waals surface area contributed by atoms with Crippen molar-refractivity contribution in [1.29, 1.82) is 0 Å². The van der Waals surface area contributed by atoms with E-state index in [1.807, 2.05) is 13.8 Å². The third-order valence-corrected chi connectivity index (χ3v) is 3.09. The van der Waals surface area contributed by atoms with Gasteiger partial charge in [0.1, 0.15) is 5.02 Å². The van der Waals surface area contributed by atoms with Crippen molar-refractivity contribution in [3.05, 3.63) is 21.6 Å². The molecule has 1 amide bonds. The Morgan fingerprint density at radius 3 is 2.80 bits per heavy atom. The van der Waals surface area contributed by atoms with Gasteiger partial charge in [0.05, 0.1) is 18.4 Å². The molecule has 0 unspecified atom stereocenters. The van der Waals surface area contributed by atoms with E-state index in [2.05, 4.69) is 15.7 Å². The van der Waals surface area contributed by atoms with Gasteiger partial charge in [0.15, 0.2) is 0 Å². The fraction of sp³-hybridized carbons (Fsp3) is 0.615. The number of nitrogens with one attached hydrogen (secondary N) is 2. The summed E-state index contributed by atoms with van der Waals surface area (Å²) in [5, 5.41) is 9.66. The first-order valence-electron chi connectivity index (χ1n) is 6.86. The lowest BCUT2D eigenvalue weighted by atomic mass is 10.3. The highest BCUT2D eigenvalue weighted by atomic mass is 35.5. The number of hydrogen-bond acceptors (Lipinski definition) is 4. The summed E-state index contributed by atoms with van der Waals surface area (Å²) in [7, 11) is 0. The minimum Gasteiger partial charge on any atom is -0.373 e. The van der Waals surface area contributed by atoms with E-state index in [9.17, 15) is 9.59 Å². The van der Waals surface area contributed by atoms with Gasteiger partial charge in [-0.05, 0) is 12.8 Å². The number of hydrogen-bond donors (Lipinski definition) is 2. The summed E-state index contributed by atoms with van der Waals surface area (Å²) in [4.78, 5) is 23.4. The SMILES string of the molecule is CCCCn1ncc(NCC(=O)NCCC)c(Cl)c1=O. The molecule has 0 spiro atoms. The second-order valence-electron chi connectivity index (χ2n) is 4.46. The molecule has 7 heteroatoms. The predicted molar refractivity (Wildman–Crippen MR) is 80.2 cm³/mol. The van der Waals surface area contributed by atoms with Crippen LogP contribution in [0.1, 0.15) is 33.1 Å². The van der Waals surface area contributed by atoms with Gasteiger partial charge in [0, 0.05) is 13.1 Å². The Labute approximate surface area is 123 Å². The van der Waals surface area contributed by atoms with Crippen molar-refractivity contribution in [2.75, 3.05) is 18.4 Å². The molecule has 1 aromatic rings. The fourth-order valence-corrected chi connectivity index (χ4v) is 1.77. The Kier molecular flexibility index (Phi) is 7.08. The standard InChI is InChI=1S/C13H21ClN4O2/c1-3-5-7-18-13(20)12(14)10(8-17-18)16-9-11(19)15-6-4-2/h8,16H,3-7,9H2,1-2H3,(H,15,19). The van der Waals surface area contributed by atoms with Crippen molar-refractivity contribution < 1.29 is 4.79 Å². The normalized spacial score (nSPS) is 10.3. The molecule has 1 aromatic heterocycles. The van der Waals surface area contributed by atoms with Gasteiger partial charge >= 0.3 is 0 Å². The summed E-state index contributed by atoms with van der Waals surface area (Å²) in [5.74, 6) is -0.141. The second kappa shape index (κ2) is 8.58. The second-order valence-corrected chi connectivity index (χ2v) is 4.84. The van der Waals surface area contributed by atoms with Gasteiger partial charge in [-0.15, -0.1) is 0 Å². The quantitative estimate of drug-likeness (QED) is 0.765. The molecule has 0 fully saturated rings. The summed E-state index contributed by atoms with van der Waals surface area (Å²) < 4.78 is 1.34. The van der Waals surface area contributed by atoms with Gasteiger partial charge < -0.3 is 10.6 Å². The van der Waals surface area contributed by atoms with Crippen LogP contribution in [0.4, 0.5) is 5.69 Å². The van der Waals surface area contributed by atoms with E-state index in [0.29, 0.717) is 18.8 Å². The van der Waals surface area contributed by atoms with E-state index in [4.69, 9.17) is 11.6 Å². The monoisotopic (exact) mass is 300 g/mol. The van der Waals surface area contributed by atoms with Crippen molar-refractivity contribution in [3.8, 4) is 0 Å². The number of carbonyl (C=O) groups excluding carboxylic acids is 1. The lowest BCUT2D eigenvalue weighted by molar-refractivity contribution is -0.119. The van der Waals surface area contributed by atoms with Crippen LogP contribution in [0.15, 0.2) is 11.0 Å². The first-order chi connectivity index (χ1) is 9.60. The van der Waals surface area contributed by atoms with Crippen LogP contribution in [0.2, 0.25) is 5.02 Å². The van der Waals surface area contributed by atoms with Crippen molar-refractivity contribution in [1.82, 2.24) is 15.1 Å². The molecule has 0 aliphatic heterocycles. The van der Waals surface area contributed by atoms with Gasteiger partial charge in [-0.2, -0.15) is 5.10 Å². The molecule has 112 valence electrons. The maximum atomic E-state index is 11.9. The average Bonchev–Trinajstić information content (AvgIpc) is 2.45. The van der Waals surface area contributed by atoms with E-state index in [1.165, 1.54) is 10.9 Å². The number of carbonyl (C=O) groups is 1. The molecule has 2 N–H and O–H groups in total. The predicted octanol–water partition coefficient (Wildman–Crippen LogP) is 1.63. The molecule has 0 saturated heterocycles. The maximum Gasteiger partial charge on any atom is 0.287 e. The molecule has 0 saturated carbocycles. The Bertz CT molecular complexity index is 502. The number of aryl methyl sites for hydroxylation is 1. The Morgan fingerprint density at radius 2 is 2.15 bits per heavy atom. The first kappa shape index (κ1) is 16.5. The van der Waals surface area contributed by atoms with Crippen LogP contribution in [-0.2, 0) is 11.3 Å². The van der Waals surface area contributed by atoms with E-state index >= 15 is 0 Å². The van der Waals surface area contributed by atoms with Gasteiger partial charge in [-0.3, -0.25) is 9.59 Å². The molecule has 0 aliphatic carbocycles. The number of unbranched alkanes of at least 4 members (excludes halogenated alkanes) is 1. The number of halogens is 1. The summed E-state index contributed by atoms with van der Waals surface area (Å²) >= 11 is 6.00. The maximum absolute atomic E-state index is 11.9. The summed E-state index contributed by atoms with van der Waals surface area (Å²) in [5.41, 5.74) is 0.0511. The first-order valence-corrected chi connectivity index (χ1v) is 7.24. The molecule has 20 heavy (non-hydrogen) atoms. The summed E-state index contributed by atoms with van der Waals surface area (Å²) in [6.45, 7) is 5.26. The van der Waals surface area contributed by atoms with Crippen LogP contribution in [-0.4, -0.2) is 28.8 Å². The van der Waals surface area contributed by atoms with Crippen molar-refractivity contribution in [3.63, 3.8) is 0 Å². The molecule has 0 bridgehead atoms. The van der Waals surface area contributed by atoms with Crippen LogP contribution >= 0.6 is 11.6 Å². The number of aromatic nitrogens is 2. The molecular weight excluding hydrogens is 280 g/mol. The van der Waals surface area contributed by atoms with Gasteiger partial charge in [-0.25, -0.2) is 4.68 Å². The largest absolute Gasteiger partial charge is 0.373 e. The Morgan fingerprint density at radius 1 is 1.40 bits per heavy atom. The van der Waals surface area contributed by atoms with Crippen LogP contribution in [0.5, 0.6) is 0 Å². The number of rotatable bonds is 8. The zero-order valence-corrected chi connectivity index (χ0v) is 12.7. The fourth-order valence-electron chi connectivity index (χ4n) is 1.56. The molecule has 1 rings (SSSR count). The van der Waals surface area contributed by atoms with E-state index in [1.54, 1.807) is 0 Å². The van der Waals surface area contributed by atoms with Crippen LogP contribution in [0.3, 0.4) is 0 Å². The van der Waals surface area contributed by atoms with Gasteiger partial charge in [0.25, 0.3) is 5.56 Å². The number of nitrogens with zero attached hydrogens (tertiary/aromatic N) is 2. The average molecular weight is 301 g/mol. The van der Waals surface area contributed by atoms with E-state index in [-0.39, 0.29) is 23.0 Å². The topological polar surface area (TPSA) is 76.0 Å². The third-order valence-electron chi connectivity index (χ3n) is 2.72. The molecule has 0 aromatic carbocycles. The molecular formula is C13H21ClN4O2. The highest BCUT2D eigenvalue weighted by Gasteiger charge is 2.10. The minimum absolute atomic E-state index is 0.0689. The number of anilines is 1. The summed E-state index contributed by atoms with van der Waals surface area (Å²) in [6, 6.07) is 0. The van der Waals surface area contributed by atoms with Crippen LogP contribution < -0.4 is 16.2 Å². The lowest BCUT2D eigenvalue weighted by Gasteiger charge is -2.10. The highest BCUT2D eigenvalue weighted by Crippen LogP contribution is 2.14. The van der Waals surface area contributed by atoms with Crippen LogP contribution in [0, 0.1) is 0 Å². The molecule has 0 radical (unpaired) electrons. The van der Waals surface area contributed by atoms with Gasteiger partial charge in [-0.1, -0.05) is 31.9 Å². The highest BCUT2D eigenvalue weighted by molar-refractivity contribution is 6.33. The smallest absolute Gasteiger partial charge is 0.287 e. The van der Waals surface area contributed by atoms with Crippen molar-refractivity contribution in [2.24, 2.45) is 0 Å². The zero-order valence-electron chi connectivity index (χ0n) is 11.9. The molecule has 1 heterocycles. The van der Waals surface area contributed by atoms with Gasteiger partial charge in [0.2, 0.25) is 5.91 Å². The van der Waals surface area contributed by atoms with E-state index in [0.717, 1.165) is 19.3 Å².